The number of ether oxygens (including phenoxy) is 1. The summed E-state index contributed by atoms with van der Waals surface area (Å²) < 4.78 is 2.96. The van der Waals surface area contributed by atoms with Gasteiger partial charge in [0.1, 0.15) is 4.74 Å². The van der Waals surface area contributed by atoms with Gasteiger partial charge in [-0.15, -0.1) is 0 Å². The van der Waals surface area contributed by atoms with Gasteiger partial charge in [-0.25, -0.2) is 0 Å². The van der Waals surface area contributed by atoms with Crippen molar-refractivity contribution in [3.8, 4) is 0 Å². The molecule has 0 aromatic heterocycles. The molecule has 0 rings (SSSR count). The van der Waals surface area contributed by atoms with Gasteiger partial charge in [0.2, 0.25) is 0 Å². The summed E-state index contributed by atoms with van der Waals surface area (Å²) in [6, 6.07) is 0. The molecule has 0 aromatic carbocycles. The SMILES string of the molecule is CCOCCP(=S)(Cl)Cl. The zero-order valence-corrected chi connectivity index (χ0v) is 8.36. The van der Waals surface area contributed by atoms with Crippen molar-refractivity contribution in [1.29, 1.82) is 0 Å². The Morgan fingerprint density at radius 3 is 2.44 bits per heavy atom. The maximum absolute atomic E-state index is 5.58. The minimum absolute atomic E-state index is 0.584. The fourth-order valence-corrected chi connectivity index (χ4v) is 1.29. The van der Waals surface area contributed by atoms with Crippen LogP contribution in [0.1, 0.15) is 6.92 Å². The lowest BCUT2D eigenvalue weighted by atomic mass is 10.8. The molecule has 0 unspecified atom stereocenters. The van der Waals surface area contributed by atoms with Crippen molar-refractivity contribution in [2.45, 2.75) is 6.92 Å². The van der Waals surface area contributed by atoms with Crippen LogP contribution in [0.3, 0.4) is 0 Å². The first kappa shape index (κ1) is 10.2. The van der Waals surface area contributed by atoms with Crippen molar-refractivity contribution in [3.05, 3.63) is 0 Å². The average molecular weight is 207 g/mol. The average Bonchev–Trinajstić information content (AvgIpc) is 1.63. The van der Waals surface area contributed by atoms with E-state index in [9.17, 15) is 0 Å². The van der Waals surface area contributed by atoms with E-state index < -0.39 is 4.74 Å². The van der Waals surface area contributed by atoms with Crippen LogP contribution < -0.4 is 0 Å². The summed E-state index contributed by atoms with van der Waals surface area (Å²) >= 11 is 15.9. The maximum atomic E-state index is 5.58. The van der Waals surface area contributed by atoms with Crippen LogP contribution in [0, 0.1) is 0 Å². The first-order valence-corrected chi connectivity index (χ1v) is 7.42. The molecule has 0 aliphatic heterocycles. The second kappa shape index (κ2) is 4.92. The van der Waals surface area contributed by atoms with Crippen molar-refractivity contribution in [3.63, 3.8) is 0 Å². The lowest BCUT2D eigenvalue weighted by Crippen LogP contribution is -1.95. The highest BCUT2D eigenvalue weighted by atomic mass is 35.9. The summed E-state index contributed by atoms with van der Waals surface area (Å²) in [7, 11) is 0. The van der Waals surface area contributed by atoms with Crippen LogP contribution in [-0.4, -0.2) is 19.4 Å². The Kier molecular flexibility index (Phi) is 5.57. The summed E-state index contributed by atoms with van der Waals surface area (Å²) in [5, 5.41) is 0. The van der Waals surface area contributed by atoms with Crippen LogP contribution in [0.5, 0.6) is 0 Å². The summed E-state index contributed by atoms with van der Waals surface area (Å²) in [4.78, 5) is 0. The molecule has 0 saturated heterocycles. The van der Waals surface area contributed by atoms with Gasteiger partial charge in [0, 0.05) is 12.8 Å². The van der Waals surface area contributed by atoms with Crippen molar-refractivity contribution in [2.75, 3.05) is 19.4 Å². The fourth-order valence-electron chi connectivity index (χ4n) is 0.315. The highest BCUT2D eigenvalue weighted by molar-refractivity contribution is 8.39. The van der Waals surface area contributed by atoms with Crippen LogP contribution in [0.25, 0.3) is 0 Å². The van der Waals surface area contributed by atoms with E-state index in [0.717, 1.165) is 0 Å². The summed E-state index contributed by atoms with van der Waals surface area (Å²) in [5.41, 5.74) is 0. The molecule has 0 heterocycles. The first-order chi connectivity index (χ1) is 4.06. The predicted octanol–water partition coefficient (Wildman–Crippen LogP) is 2.81. The fraction of sp³-hybridized carbons (Fsp3) is 1.00. The van der Waals surface area contributed by atoms with Crippen LogP contribution in [0.2, 0.25) is 0 Å². The maximum Gasteiger partial charge on any atom is 0.122 e. The molecular formula is C4H9Cl2OPS. The largest absolute Gasteiger partial charge is 0.381 e. The molecule has 0 N–H and O–H groups in total. The number of hydrogen-bond acceptors (Lipinski definition) is 2. The van der Waals surface area contributed by atoms with Crippen molar-refractivity contribution < 1.29 is 4.74 Å². The second-order valence-corrected chi connectivity index (χ2v) is 10.1. The zero-order valence-electron chi connectivity index (χ0n) is 5.14. The third-order valence-electron chi connectivity index (χ3n) is 0.700. The van der Waals surface area contributed by atoms with Crippen molar-refractivity contribution in [2.24, 2.45) is 0 Å². The Balaban J connectivity index is 3.18. The molecule has 0 saturated carbocycles. The lowest BCUT2D eigenvalue weighted by molar-refractivity contribution is 0.164. The predicted molar refractivity (Wildman–Crippen MR) is 47.4 cm³/mol. The minimum atomic E-state index is -2.04. The molecule has 9 heavy (non-hydrogen) atoms. The van der Waals surface area contributed by atoms with E-state index in [1.54, 1.807) is 0 Å². The highest BCUT2D eigenvalue weighted by Crippen LogP contribution is 2.56. The van der Waals surface area contributed by atoms with Crippen molar-refractivity contribution >= 4 is 39.0 Å². The number of halogens is 2. The summed E-state index contributed by atoms with van der Waals surface area (Å²) in [6.45, 7) is 3.20. The van der Waals surface area contributed by atoms with Crippen LogP contribution in [-0.2, 0) is 16.5 Å². The van der Waals surface area contributed by atoms with Gasteiger partial charge in [-0.2, -0.15) is 0 Å². The molecule has 0 amide bonds. The second-order valence-electron chi connectivity index (χ2n) is 1.49. The van der Waals surface area contributed by atoms with Gasteiger partial charge >= 0.3 is 0 Å². The van der Waals surface area contributed by atoms with Gasteiger partial charge in [0.25, 0.3) is 0 Å². The topological polar surface area (TPSA) is 9.23 Å². The lowest BCUT2D eigenvalue weighted by Gasteiger charge is -2.03. The Bertz CT molecular complexity index is 113. The van der Waals surface area contributed by atoms with Gasteiger partial charge in [-0.1, -0.05) is 34.3 Å². The number of hydrogen-bond donors (Lipinski definition) is 0. The van der Waals surface area contributed by atoms with E-state index in [4.69, 9.17) is 39.0 Å². The molecular weight excluding hydrogens is 198 g/mol. The van der Waals surface area contributed by atoms with Crippen LogP contribution in [0.15, 0.2) is 0 Å². The number of rotatable bonds is 4. The summed E-state index contributed by atoms with van der Waals surface area (Å²) in [5.74, 6) is 0. The van der Waals surface area contributed by atoms with Crippen molar-refractivity contribution in [1.82, 2.24) is 0 Å². The molecule has 0 aliphatic rings. The van der Waals surface area contributed by atoms with Crippen LogP contribution in [0.4, 0.5) is 0 Å². The smallest absolute Gasteiger partial charge is 0.122 e. The third-order valence-corrected chi connectivity index (χ3v) is 2.97. The van der Waals surface area contributed by atoms with Gasteiger partial charge in [-0.05, 0) is 6.92 Å². The summed E-state index contributed by atoms with van der Waals surface area (Å²) in [6.07, 6.45) is 0.610. The Hall–Kier alpha value is 1.19. The zero-order chi connectivity index (χ0) is 7.33. The van der Waals surface area contributed by atoms with Gasteiger partial charge in [-0.3, -0.25) is 0 Å². The molecule has 0 radical (unpaired) electrons. The Labute approximate surface area is 70.3 Å². The first-order valence-electron chi connectivity index (χ1n) is 2.62. The molecule has 56 valence electrons. The van der Waals surface area contributed by atoms with E-state index >= 15 is 0 Å². The molecule has 5 heteroatoms. The standard InChI is InChI=1S/C4H9Cl2OPS/c1-2-7-3-4-8(5,6)9/h2-4H2,1H3. The van der Waals surface area contributed by atoms with Gasteiger partial charge < -0.3 is 4.74 Å². The molecule has 1 nitrogen and oxygen atoms in total. The third kappa shape index (κ3) is 9.19. The van der Waals surface area contributed by atoms with Crippen LogP contribution >= 0.6 is 27.2 Å². The van der Waals surface area contributed by atoms with Gasteiger partial charge in [0.15, 0.2) is 0 Å². The highest BCUT2D eigenvalue weighted by Gasteiger charge is 2.06. The monoisotopic (exact) mass is 206 g/mol. The molecule has 0 aromatic rings. The van der Waals surface area contributed by atoms with E-state index in [-0.39, 0.29) is 0 Å². The Morgan fingerprint density at radius 2 is 2.11 bits per heavy atom. The van der Waals surface area contributed by atoms with E-state index in [1.807, 2.05) is 6.92 Å². The van der Waals surface area contributed by atoms with E-state index in [2.05, 4.69) is 0 Å². The van der Waals surface area contributed by atoms with E-state index in [1.165, 1.54) is 0 Å². The molecule has 0 fully saturated rings. The normalized spacial score (nSPS) is 11.9. The minimum Gasteiger partial charge on any atom is -0.381 e. The quantitative estimate of drug-likeness (QED) is 0.517. The van der Waals surface area contributed by atoms with E-state index in [0.29, 0.717) is 19.4 Å². The molecule has 0 spiro atoms. The van der Waals surface area contributed by atoms with Gasteiger partial charge in [0.05, 0.1) is 6.61 Å². The molecule has 0 aliphatic carbocycles. The Morgan fingerprint density at radius 1 is 1.56 bits per heavy atom. The molecule has 0 bridgehead atoms. The molecule has 0 atom stereocenters.